The standard InChI is InChI=1S/C5H6Cl2O2/c6-4-1-8-3-9-2-5(4)7/h1-3H2. The fraction of sp³-hybridized carbons (Fsp3) is 0.600. The third kappa shape index (κ3) is 2.14. The predicted octanol–water partition coefficient (Wildman–Crippen LogP) is 1.68. The average molecular weight is 169 g/mol. The van der Waals surface area contributed by atoms with Gasteiger partial charge in [-0.3, -0.25) is 0 Å². The monoisotopic (exact) mass is 168 g/mol. The van der Waals surface area contributed by atoms with Gasteiger partial charge < -0.3 is 9.47 Å². The lowest BCUT2D eigenvalue weighted by atomic mass is 10.5. The second-order valence-electron chi connectivity index (χ2n) is 1.62. The number of halogens is 2. The van der Waals surface area contributed by atoms with E-state index in [1.807, 2.05) is 0 Å². The van der Waals surface area contributed by atoms with Crippen LogP contribution in [0.15, 0.2) is 10.1 Å². The zero-order chi connectivity index (χ0) is 6.69. The predicted molar refractivity (Wildman–Crippen MR) is 35.5 cm³/mol. The third-order valence-corrected chi connectivity index (χ3v) is 1.69. The van der Waals surface area contributed by atoms with E-state index < -0.39 is 0 Å². The van der Waals surface area contributed by atoms with Crippen molar-refractivity contribution in [3.8, 4) is 0 Å². The Morgan fingerprint density at radius 1 is 1.00 bits per heavy atom. The van der Waals surface area contributed by atoms with E-state index in [9.17, 15) is 0 Å². The van der Waals surface area contributed by atoms with Gasteiger partial charge in [0, 0.05) is 0 Å². The fourth-order valence-corrected chi connectivity index (χ4v) is 0.742. The van der Waals surface area contributed by atoms with Crippen molar-refractivity contribution in [3.05, 3.63) is 10.1 Å². The van der Waals surface area contributed by atoms with Crippen LogP contribution < -0.4 is 0 Å². The van der Waals surface area contributed by atoms with Gasteiger partial charge in [-0.25, -0.2) is 0 Å². The van der Waals surface area contributed by atoms with Crippen LogP contribution in [0.4, 0.5) is 0 Å². The maximum Gasteiger partial charge on any atom is 0.147 e. The molecule has 0 bridgehead atoms. The Morgan fingerprint density at radius 3 is 1.89 bits per heavy atom. The highest BCUT2D eigenvalue weighted by Gasteiger charge is 2.06. The smallest absolute Gasteiger partial charge is 0.147 e. The van der Waals surface area contributed by atoms with E-state index in [0.717, 1.165) is 0 Å². The van der Waals surface area contributed by atoms with E-state index in [2.05, 4.69) is 0 Å². The summed E-state index contributed by atoms with van der Waals surface area (Å²) in [5.41, 5.74) is 0. The molecule has 0 saturated carbocycles. The molecule has 0 aliphatic carbocycles. The van der Waals surface area contributed by atoms with E-state index in [1.165, 1.54) is 0 Å². The molecule has 1 heterocycles. The summed E-state index contributed by atoms with van der Waals surface area (Å²) >= 11 is 11.2. The summed E-state index contributed by atoms with van der Waals surface area (Å²) in [6.07, 6.45) is 0. The molecule has 0 aromatic heterocycles. The first-order chi connectivity index (χ1) is 4.30. The second kappa shape index (κ2) is 3.42. The first-order valence-electron chi connectivity index (χ1n) is 2.49. The van der Waals surface area contributed by atoms with Crippen molar-refractivity contribution < 1.29 is 9.47 Å². The van der Waals surface area contributed by atoms with Gasteiger partial charge in [-0.2, -0.15) is 0 Å². The molecule has 0 aromatic rings. The molecule has 9 heavy (non-hydrogen) atoms. The van der Waals surface area contributed by atoms with Crippen molar-refractivity contribution in [1.82, 2.24) is 0 Å². The summed E-state index contributed by atoms with van der Waals surface area (Å²) in [4.78, 5) is 0. The van der Waals surface area contributed by atoms with Crippen molar-refractivity contribution in [2.75, 3.05) is 20.0 Å². The van der Waals surface area contributed by atoms with Crippen molar-refractivity contribution in [2.24, 2.45) is 0 Å². The van der Waals surface area contributed by atoms with Gasteiger partial charge in [-0.1, -0.05) is 23.2 Å². The lowest BCUT2D eigenvalue weighted by Crippen LogP contribution is -1.95. The van der Waals surface area contributed by atoms with E-state index >= 15 is 0 Å². The van der Waals surface area contributed by atoms with E-state index in [4.69, 9.17) is 32.7 Å². The average Bonchev–Trinajstić information content (AvgIpc) is 1.99. The zero-order valence-corrected chi connectivity index (χ0v) is 6.21. The van der Waals surface area contributed by atoms with Gasteiger partial charge in [-0.15, -0.1) is 0 Å². The van der Waals surface area contributed by atoms with E-state index in [0.29, 0.717) is 23.3 Å². The van der Waals surface area contributed by atoms with Gasteiger partial charge in [0.1, 0.15) is 6.79 Å². The third-order valence-electron chi connectivity index (χ3n) is 0.919. The Hall–Kier alpha value is 0.240. The van der Waals surface area contributed by atoms with E-state index in [1.54, 1.807) is 0 Å². The van der Waals surface area contributed by atoms with Crippen LogP contribution >= 0.6 is 23.2 Å². The van der Waals surface area contributed by atoms with Crippen LogP contribution in [0.5, 0.6) is 0 Å². The molecule has 2 nitrogen and oxygen atoms in total. The van der Waals surface area contributed by atoms with Gasteiger partial charge in [0.15, 0.2) is 0 Å². The van der Waals surface area contributed by atoms with Crippen LogP contribution in [0.25, 0.3) is 0 Å². The normalized spacial score (nSPS) is 22.0. The Labute approximate surface area is 63.3 Å². The Morgan fingerprint density at radius 2 is 1.44 bits per heavy atom. The molecule has 0 radical (unpaired) electrons. The summed E-state index contributed by atoms with van der Waals surface area (Å²) in [6, 6.07) is 0. The number of hydrogen-bond acceptors (Lipinski definition) is 2. The summed E-state index contributed by atoms with van der Waals surface area (Å²) in [5.74, 6) is 0. The highest BCUT2D eigenvalue weighted by Crippen LogP contribution is 2.16. The molecule has 1 aliphatic rings. The minimum absolute atomic E-state index is 0.270. The van der Waals surface area contributed by atoms with Gasteiger partial charge in [0.05, 0.1) is 23.3 Å². The number of ether oxygens (including phenoxy) is 2. The van der Waals surface area contributed by atoms with Crippen molar-refractivity contribution in [3.63, 3.8) is 0 Å². The van der Waals surface area contributed by atoms with Crippen molar-refractivity contribution >= 4 is 23.2 Å². The second-order valence-corrected chi connectivity index (χ2v) is 2.54. The molecule has 1 rings (SSSR count). The van der Waals surface area contributed by atoms with Gasteiger partial charge in [0.2, 0.25) is 0 Å². The van der Waals surface area contributed by atoms with Crippen LogP contribution in [-0.2, 0) is 9.47 Å². The minimum Gasteiger partial charge on any atom is -0.350 e. The number of rotatable bonds is 0. The lowest BCUT2D eigenvalue weighted by Gasteiger charge is -1.94. The van der Waals surface area contributed by atoms with Gasteiger partial charge in [0.25, 0.3) is 0 Å². The van der Waals surface area contributed by atoms with Gasteiger partial charge >= 0.3 is 0 Å². The van der Waals surface area contributed by atoms with Crippen LogP contribution in [0.1, 0.15) is 0 Å². The first-order valence-corrected chi connectivity index (χ1v) is 3.25. The Balaban J connectivity index is 2.55. The highest BCUT2D eigenvalue weighted by molar-refractivity contribution is 6.39. The Kier molecular flexibility index (Phi) is 2.79. The number of hydrogen-bond donors (Lipinski definition) is 0. The molecular formula is C5H6Cl2O2. The minimum atomic E-state index is 0.270. The Bertz CT molecular complexity index is 119. The summed E-state index contributed by atoms with van der Waals surface area (Å²) < 4.78 is 9.76. The molecule has 0 unspecified atom stereocenters. The topological polar surface area (TPSA) is 18.5 Å². The van der Waals surface area contributed by atoms with Crippen LogP contribution in [0.2, 0.25) is 0 Å². The van der Waals surface area contributed by atoms with Crippen LogP contribution in [-0.4, -0.2) is 20.0 Å². The maximum atomic E-state index is 5.61. The van der Waals surface area contributed by atoms with Crippen LogP contribution in [0, 0.1) is 0 Å². The molecule has 0 aromatic carbocycles. The van der Waals surface area contributed by atoms with Gasteiger partial charge in [-0.05, 0) is 0 Å². The highest BCUT2D eigenvalue weighted by atomic mass is 35.5. The molecular weight excluding hydrogens is 163 g/mol. The lowest BCUT2D eigenvalue weighted by molar-refractivity contribution is -0.0276. The SMILES string of the molecule is ClC1=C(Cl)COCOC1. The molecule has 0 saturated heterocycles. The molecule has 0 N–H and O–H groups in total. The summed E-state index contributed by atoms with van der Waals surface area (Å²) in [7, 11) is 0. The summed E-state index contributed by atoms with van der Waals surface area (Å²) in [6.45, 7) is 0.993. The molecule has 52 valence electrons. The molecule has 4 heteroatoms. The molecule has 0 amide bonds. The van der Waals surface area contributed by atoms with Crippen LogP contribution in [0.3, 0.4) is 0 Å². The van der Waals surface area contributed by atoms with E-state index in [-0.39, 0.29) is 6.79 Å². The first kappa shape index (κ1) is 7.35. The molecule has 0 atom stereocenters. The quantitative estimate of drug-likeness (QED) is 0.549. The fourth-order valence-electron chi connectivity index (χ4n) is 0.478. The zero-order valence-electron chi connectivity index (χ0n) is 4.69. The largest absolute Gasteiger partial charge is 0.350 e. The maximum absolute atomic E-state index is 5.61. The van der Waals surface area contributed by atoms with Crippen molar-refractivity contribution in [1.29, 1.82) is 0 Å². The summed E-state index contributed by atoms with van der Waals surface area (Å²) in [5, 5.41) is 1.07. The molecule has 0 fully saturated rings. The molecule has 0 spiro atoms. The molecule has 1 aliphatic heterocycles. The van der Waals surface area contributed by atoms with Crippen molar-refractivity contribution in [2.45, 2.75) is 0 Å².